The Hall–Kier alpha value is -1.84. The molecule has 0 aliphatic carbocycles. The molecule has 1 aromatic carbocycles. The zero-order valence-electron chi connectivity index (χ0n) is 44.9. The molecule has 6 nitrogen and oxygen atoms in total. The van der Waals surface area contributed by atoms with Crippen LogP contribution >= 0.6 is 0 Å². The van der Waals surface area contributed by atoms with Crippen LogP contribution in [0.1, 0.15) is 329 Å². The smallest absolute Gasteiger partial charge is 0.550 e. The molecule has 0 amide bonds. The second kappa shape index (κ2) is 68.4. The summed E-state index contributed by atoms with van der Waals surface area (Å²) >= 11 is 0. The maximum atomic E-state index is 10.2. The van der Waals surface area contributed by atoms with Crippen LogP contribution in [-0.2, 0) is 14.4 Å². The van der Waals surface area contributed by atoms with Crippen LogP contribution in [0, 0.1) is 0 Å². The summed E-state index contributed by atoms with van der Waals surface area (Å²) in [6, 6.07) is 12.0. The van der Waals surface area contributed by atoms with Crippen LogP contribution in [0.2, 0.25) is 0 Å². The van der Waals surface area contributed by atoms with E-state index in [0.29, 0.717) is 0 Å². The first-order chi connectivity index (χ1) is 32.3. The number of carboxylic acids is 3. The Morgan fingerprint density at radius 2 is 0.328 bits per heavy atom. The molecule has 0 N–H and O–H groups in total. The van der Waals surface area contributed by atoms with Crippen LogP contribution in [0.15, 0.2) is 36.4 Å². The van der Waals surface area contributed by atoms with Gasteiger partial charge in [-0.25, -0.2) is 0 Å². The average molecular weight is 956 g/mol. The molecule has 1 aromatic rings. The number of carboxylic acid groups (broad SMARTS) is 3. The molecule has 1 rings (SSSR count). The summed E-state index contributed by atoms with van der Waals surface area (Å²) in [6.45, 7) is 6.80. The Kier molecular flexibility index (Phi) is 73.2. The van der Waals surface area contributed by atoms with E-state index in [1.165, 1.54) is 250 Å². The van der Waals surface area contributed by atoms with E-state index in [0.717, 1.165) is 38.5 Å². The number of hydrogen-bond acceptors (Lipinski definition) is 6. The van der Waals surface area contributed by atoms with Gasteiger partial charge in [0, 0.05) is 17.9 Å². The number of aliphatic carboxylic acids is 3. The molecule has 0 aliphatic rings. The van der Waals surface area contributed by atoms with Gasteiger partial charge in [-0.15, -0.1) is 0 Å². The molecule has 0 unspecified atom stereocenters. The molecular weight excluding hydrogens is 844 g/mol. The topological polar surface area (TPSA) is 120 Å². The Morgan fingerprint density at radius 3 is 0.433 bits per heavy atom. The summed E-state index contributed by atoms with van der Waals surface area (Å²) in [5, 5.41) is 30.7. The number of benzene rings is 1. The van der Waals surface area contributed by atoms with Gasteiger partial charge in [-0.05, 0) is 38.5 Å². The second-order valence-corrected chi connectivity index (χ2v) is 19.4. The van der Waals surface area contributed by atoms with E-state index in [1.54, 1.807) is 0 Å². The van der Waals surface area contributed by atoms with E-state index < -0.39 is 17.9 Å². The van der Waals surface area contributed by atoms with Crippen molar-refractivity contribution in [1.29, 1.82) is 0 Å². The van der Waals surface area contributed by atoms with Crippen LogP contribution in [0.5, 0.6) is 0 Å². The Bertz CT molecular complexity index is 905. The zero-order valence-corrected chi connectivity index (χ0v) is 46.1. The molecule has 67 heavy (non-hydrogen) atoms. The van der Waals surface area contributed by atoms with E-state index in [4.69, 9.17) is 0 Å². The van der Waals surface area contributed by atoms with Crippen molar-refractivity contribution >= 4 is 35.3 Å². The number of rotatable bonds is 48. The third kappa shape index (κ3) is 81.5. The molecular formula is C60H111AlO6. The summed E-state index contributed by atoms with van der Waals surface area (Å²) in [7, 11) is 0. The summed E-state index contributed by atoms with van der Waals surface area (Å²) in [5.41, 5.74) is 0. The maximum absolute atomic E-state index is 10.2. The number of hydrogen-bond donors (Lipinski definition) is 0. The molecule has 0 bridgehead atoms. The van der Waals surface area contributed by atoms with Crippen molar-refractivity contribution in [3.05, 3.63) is 36.4 Å². The van der Waals surface area contributed by atoms with Gasteiger partial charge in [0.2, 0.25) is 0 Å². The fraction of sp³-hybridized carbons (Fsp3) is 0.850. The zero-order chi connectivity index (χ0) is 48.9. The van der Waals surface area contributed by atoms with Crippen molar-refractivity contribution in [2.75, 3.05) is 0 Å². The van der Waals surface area contributed by atoms with Crippen molar-refractivity contribution in [1.82, 2.24) is 0 Å². The summed E-state index contributed by atoms with van der Waals surface area (Å²) in [5.74, 6) is -2.71. The molecule has 0 radical (unpaired) electrons. The van der Waals surface area contributed by atoms with Crippen molar-refractivity contribution in [2.45, 2.75) is 329 Å². The summed E-state index contributed by atoms with van der Waals surface area (Å²) in [6.07, 6.45) is 59.6. The molecule has 0 heterocycles. The van der Waals surface area contributed by atoms with Gasteiger partial charge in [-0.1, -0.05) is 327 Å². The van der Waals surface area contributed by atoms with E-state index in [9.17, 15) is 29.7 Å². The van der Waals surface area contributed by atoms with Crippen LogP contribution in [0.25, 0.3) is 0 Å². The largest absolute Gasteiger partial charge is 3.00 e. The molecule has 0 aliphatic heterocycles. The van der Waals surface area contributed by atoms with Crippen molar-refractivity contribution in [2.24, 2.45) is 0 Å². The minimum atomic E-state index is -0.903. The predicted molar refractivity (Wildman–Crippen MR) is 286 cm³/mol. The third-order valence-electron chi connectivity index (χ3n) is 12.6. The van der Waals surface area contributed by atoms with Crippen LogP contribution in [0.4, 0.5) is 0 Å². The minimum absolute atomic E-state index is 0. The van der Waals surface area contributed by atoms with Gasteiger partial charge in [0.1, 0.15) is 0 Å². The number of carbonyl (C=O) groups excluding carboxylic acids is 3. The fourth-order valence-corrected chi connectivity index (χ4v) is 8.31. The fourth-order valence-electron chi connectivity index (χ4n) is 8.31. The summed E-state index contributed by atoms with van der Waals surface area (Å²) in [4.78, 5) is 30.7. The Labute approximate surface area is 428 Å². The predicted octanol–water partition coefficient (Wildman–Crippen LogP) is 16.3. The number of unbranched alkanes of at least 4 members (excludes halogenated alkanes) is 42. The maximum Gasteiger partial charge on any atom is 3.00 e. The summed E-state index contributed by atoms with van der Waals surface area (Å²) < 4.78 is 0. The first kappa shape index (κ1) is 71.7. The molecule has 0 saturated heterocycles. The van der Waals surface area contributed by atoms with Gasteiger partial charge in [0.15, 0.2) is 0 Å². The molecule has 0 atom stereocenters. The Balaban J connectivity index is -0.000000413. The van der Waals surface area contributed by atoms with Crippen molar-refractivity contribution in [3.63, 3.8) is 0 Å². The third-order valence-corrected chi connectivity index (χ3v) is 12.6. The first-order valence-corrected chi connectivity index (χ1v) is 28.9. The number of carbonyl (C=O) groups is 3. The van der Waals surface area contributed by atoms with Gasteiger partial charge < -0.3 is 29.7 Å². The molecule has 0 spiro atoms. The average Bonchev–Trinajstić information content (AvgIpc) is 3.31. The van der Waals surface area contributed by atoms with Gasteiger partial charge in [0.25, 0.3) is 0 Å². The molecule has 0 fully saturated rings. The van der Waals surface area contributed by atoms with Gasteiger partial charge >= 0.3 is 17.4 Å². The van der Waals surface area contributed by atoms with E-state index >= 15 is 0 Å². The minimum Gasteiger partial charge on any atom is -0.550 e. The van der Waals surface area contributed by atoms with Gasteiger partial charge in [-0.2, -0.15) is 0 Å². The molecule has 0 saturated carbocycles. The Morgan fingerprint density at radius 1 is 0.224 bits per heavy atom. The van der Waals surface area contributed by atoms with E-state index in [2.05, 4.69) is 20.8 Å². The second-order valence-electron chi connectivity index (χ2n) is 19.4. The normalized spacial score (nSPS) is 10.4. The molecule has 0 aromatic heterocycles. The SMILES string of the molecule is CCCCCCCCCCCCCCCCCC(=O)[O-].CCCCCCCCCCCCCCCCCC(=O)[O-].CCCCCCCCCCCCCCCCCC(=O)[O-].[Al+3].c1ccccc1. The molecule has 390 valence electrons. The van der Waals surface area contributed by atoms with Crippen LogP contribution in [-0.4, -0.2) is 35.3 Å². The van der Waals surface area contributed by atoms with E-state index in [-0.39, 0.29) is 36.6 Å². The molecule has 7 heteroatoms. The monoisotopic (exact) mass is 955 g/mol. The van der Waals surface area contributed by atoms with Crippen molar-refractivity contribution < 1.29 is 29.7 Å². The standard InChI is InChI=1S/3C18H36O2.C6H6.Al/c3*1-2-3-4-5-6-7-8-9-10-11-12-13-14-15-16-17-18(19)20;1-2-4-6-5-3-1;/h3*2-17H2,1H3,(H,19,20);1-6H;/q;;;;+3/p-3. The van der Waals surface area contributed by atoms with E-state index in [1.807, 2.05) is 36.4 Å². The van der Waals surface area contributed by atoms with Crippen LogP contribution in [0.3, 0.4) is 0 Å². The first-order valence-electron chi connectivity index (χ1n) is 28.9. The van der Waals surface area contributed by atoms with Crippen molar-refractivity contribution in [3.8, 4) is 0 Å². The van der Waals surface area contributed by atoms with Gasteiger partial charge in [-0.3, -0.25) is 0 Å². The van der Waals surface area contributed by atoms with Crippen LogP contribution < -0.4 is 15.3 Å². The quantitative estimate of drug-likeness (QED) is 0.0474. The van der Waals surface area contributed by atoms with Gasteiger partial charge in [0.05, 0.1) is 0 Å².